The minimum Gasteiger partial charge on any atom is -0.359 e. The molecule has 1 nitrogen and oxygen atoms in total. The van der Waals surface area contributed by atoms with Crippen LogP contribution in [0.4, 0.5) is 0 Å². The zero-order chi connectivity index (χ0) is 6.10. The number of aryl methyl sites for hydroxylation is 2. The van der Waals surface area contributed by atoms with Gasteiger partial charge in [-0.25, -0.2) is 0 Å². The molecular formula is C8H10N. The largest absolute Gasteiger partial charge is 0.359 e. The van der Waals surface area contributed by atoms with E-state index in [2.05, 4.69) is 17.4 Å². The van der Waals surface area contributed by atoms with E-state index in [0.717, 1.165) is 0 Å². The zero-order valence-electron chi connectivity index (χ0n) is 5.41. The summed E-state index contributed by atoms with van der Waals surface area (Å²) in [7, 11) is 0. The summed E-state index contributed by atoms with van der Waals surface area (Å²) >= 11 is 0. The average Bonchev–Trinajstić information content (AvgIpc) is 2.33. The van der Waals surface area contributed by atoms with Crippen molar-refractivity contribution >= 4 is 0 Å². The Balaban J connectivity index is 2.39. The van der Waals surface area contributed by atoms with E-state index in [1.54, 1.807) is 0 Å². The van der Waals surface area contributed by atoms with Gasteiger partial charge in [-0.15, -0.1) is 0 Å². The number of H-pyrrole nitrogens is 1. The van der Waals surface area contributed by atoms with Gasteiger partial charge >= 0.3 is 0 Å². The van der Waals surface area contributed by atoms with Crippen molar-refractivity contribution in [3.8, 4) is 0 Å². The van der Waals surface area contributed by atoms with Crippen LogP contribution in [0.25, 0.3) is 0 Å². The number of aromatic amines is 1. The van der Waals surface area contributed by atoms with Crippen LogP contribution in [-0.4, -0.2) is 4.98 Å². The van der Waals surface area contributed by atoms with Crippen LogP contribution in [0.5, 0.6) is 0 Å². The van der Waals surface area contributed by atoms with Crippen LogP contribution in [0.1, 0.15) is 24.0 Å². The highest BCUT2D eigenvalue weighted by molar-refractivity contribution is 5.24. The van der Waals surface area contributed by atoms with Gasteiger partial charge in [0.15, 0.2) is 0 Å². The average molecular weight is 120 g/mol. The molecule has 0 amide bonds. The second-order valence-corrected chi connectivity index (χ2v) is 2.62. The lowest BCUT2D eigenvalue weighted by Crippen LogP contribution is -1.97. The maximum absolute atomic E-state index is 3.13. The molecule has 0 aliphatic heterocycles. The summed E-state index contributed by atoms with van der Waals surface area (Å²) in [6.45, 7) is 0. The van der Waals surface area contributed by atoms with E-state index in [4.69, 9.17) is 0 Å². The van der Waals surface area contributed by atoms with Crippen LogP contribution >= 0.6 is 0 Å². The van der Waals surface area contributed by atoms with Gasteiger partial charge in [0.2, 0.25) is 0 Å². The lowest BCUT2D eigenvalue weighted by Gasteiger charge is -2.08. The molecule has 9 heavy (non-hydrogen) atoms. The molecule has 0 saturated heterocycles. The Morgan fingerprint density at radius 1 is 1.33 bits per heavy atom. The first-order valence-corrected chi connectivity index (χ1v) is 3.53. The van der Waals surface area contributed by atoms with Gasteiger partial charge in [0, 0.05) is 6.20 Å². The third kappa shape index (κ3) is 0.766. The van der Waals surface area contributed by atoms with Crippen molar-refractivity contribution < 1.29 is 0 Å². The molecule has 0 aromatic carbocycles. The number of nitrogens with one attached hydrogen (secondary N) is 1. The standard InChI is InChI=1S/C8H10N/c1-2-4-8-6-9-5-7(8)3-1/h5,9H,1-4H2. The monoisotopic (exact) mass is 120 g/mol. The number of hydrogen-bond acceptors (Lipinski definition) is 0. The number of fused-ring (bicyclic) bond motifs is 1. The Morgan fingerprint density at radius 3 is 3.11 bits per heavy atom. The lowest BCUT2D eigenvalue weighted by atomic mass is 9.96. The summed E-state index contributed by atoms with van der Waals surface area (Å²) in [4.78, 5) is 3.02. The Hall–Kier alpha value is -0.720. The molecule has 1 heterocycles. The van der Waals surface area contributed by atoms with E-state index in [1.807, 2.05) is 0 Å². The summed E-state index contributed by atoms with van der Waals surface area (Å²) in [6, 6.07) is 0. The van der Waals surface area contributed by atoms with E-state index in [9.17, 15) is 0 Å². The molecule has 0 atom stereocenters. The fourth-order valence-corrected chi connectivity index (χ4v) is 1.44. The Bertz CT molecular complexity index is 180. The summed E-state index contributed by atoms with van der Waals surface area (Å²) in [6.07, 6.45) is 10.4. The first-order chi connectivity index (χ1) is 4.47. The van der Waals surface area contributed by atoms with Crippen LogP contribution in [0.3, 0.4) is 0 Å². The Kier molecular flexibility index (Phi) is 1.08. The van der Waals surface area contributed by atoms with Crippen molar-refractivity contribution in [1.29, 1.82) is 0 Å². The molecule has 0 unspecified atom stereocenters. The molecule has 1 radical (unpaired) electrons. The van der Waals surface area contributed by atoms with Gasteiger partial charge in [0.05, 0.1) is 6.20 Å². The second-order valence-electron chi connectivity index (χ2n) is 2.62. The predicted molar refractivity (Wildman–Crippen MR) is 36.3 cm³/mol. The van der Waals surface area contributed by atoms with Gasteiger partial charge < -0.3 is 4.98 Å². The van der Waals surface area contributed by atoms with Crippen molar-refractivity contribution in [2.24, 2.45) is 0 Å². The van der Waals surface area contributed by atoms with E-state index >= 15 is 0 Å². The normalized spacial score (nSPS) is 17.3. The number of aromatic nitrogens is 1. The highest BCUT2D eigenvalue weighted by Gasteiger charge is 2.08. The van der Waals surface area contributed by atoms with Crippen LogP contribution in [0, 0.1) is 6.20 Å². The van der Waals surface area contributed by atoms with Gasteiger partial charge in [0.1, 0.15) is 0 Å². The van der Waals surface area contributed by atoms with Gasteiger partial charge in [-0.1, -0.05) is 0 Å². The van der Waals surface area contributed by atoms with Crippen molar-refractivity contribution in [3.63, 3.8) is 0 Å². The zero-order valence-corrected chi connectivity index (χ0v) is 5.41. The van der Waals surface area contributed by atoms with Crippen molar-refractivity contribution in [2.75, 3.05) is 0 Å². The highest BCUT2D eigenvalue weighted by Crippen LogP contribution is 2.18. The van der Waals surface area contributed by atoms with Crippen LogP contribution < -0.4 is 0 Å². The molecule has 0 saturated carbocycles. The summed E-state index contributed by atoms with van der Waals surface area (Å²) in [5.41, 5.74) is 2.91. The molecule has 2 rings (SSSR count). The molecular weight excluding hydrogens is 110 g/mol. The molecule has 0 fully saturated rings. The molecule has 0 bridgehead atoms. The molecule has 1 N–H and O–H groups in total. The fraction of sp³-hybridized carbons (Fsp3) is 0.500. The molecule has 1 aliphatic carbocycles. The van der Waals surface area contributed by atoms with Gasteiger partial charge in [-0.3, -0.25) is 0 Å². The third-order valence-corrected chi connectivity index (χ3v) is 1.98. The summed E-state index contributed by atoms with van der Waals surface area (Å²) < 4.78 is 0. The van der Waals surface area contributed by atoms with E-state index in [0.29, 0.717) is 0 Å². The lowest BCUT2D eigenvalue weighted by molar-refractivity contribution is 0.689. The number of hydrogen-bond donors (Lipinski definition) is 1. The third-order valence-electron chi connectivity index (χ3n) is 1.98. The van der Waals surface area contributed by atoms with Crippen molar-refractivity contribution in [3.05, 3.63) is 23.5 Å². The maximum Gasteiger partial charge on any atom is 0.0657 e. The molecule has 0 spiro atoms. The highest BCUT2D eigenvalue weighted by atomic mass is 14.6. The Labute approximate surface area is 55.1 Å². The van der Waals surface area contributed by atoms with Crippen LogP contribution in [0.2, 0.25) is 0 Å². The van der Waals surface area contributed by atoms with E-state index in [1.165, 1.54) is 36.8 Å². The summed E-state index contributed by atoms with van der Waals surface area (Å²) in [5.74, 6) is 0. The Morgan fingerprint density at radius 2 is 2.22 bits per heavy atom. The molecule has 1 aromatic heterocycles. The molecule has 1 heteroatoms. The van der Waals surface area contributed by atoms with Crippen molar-refractivity contribution in [1.82, 2.24) is 4.98 Å². The topological polar surface area (TPSA) is 15.8 Å². The second kappa shape index (κ2) is 1.90. The minimum atomic E-state index is 1.23. The van der Waals surface area contributed by atoms with Crippen LogP contribution in [-0.2, 0) is 12.8 Å². The quantitative estimate of drug-likeness (QED) is 0.536. The first-order valence-electron chi connectivity index (χ1n) is 3.53. The fourth-order valence-electron chi connectivity index (χ4n) is 1.44. The van der Waals surface area contributed by atoms with Gasteiger partial charge in [-0.2, -0.15) is 0 Å². The maximum atomic E-state index is 3.13. The van der Waals surface area contributed by atoms with Crippen LogP contribution in [0.15, 0.2) is 6.20 Å². The summed E-state index contributed by atoms with van der Waals surface area (Å²) in [5, 5.41) is 0. The predicted octanol–water partition coefficient (Wildman–Crippen LogP) is 1.69. The van der Waals surface area contributed by atoms with Gasteiger partial charge in [0.25, 0.3) is 0 Å². The first kappa shape index (κ1) is 5.10. The molecule has 1 aromatic rings. The number of rotatable bonds is 0. The van der Waals surface area contributed by atoms with E-state index in [-0.39, 0.29) is 0 Å². The van der Waals surface area contributed by atoms with Crippen molar-refractivity contribution in [2.45, 2.75) is 25.7 Å². The SMILES string of the molecule is [c]1[nH]cc2c1CCCC2. The smallest absolute Gasteiger partial charge is 0.0657 e. The van der Waals surface area contributed by atoms with E-state index < -0.39 is 0 Å². The molecule has 47 valence electrons. The molecule has 1 aliphatic rings. The minimum absolute atomic E-state index is 1.23. The van der Waals surface area contributed by atoms with Gasteiger partial charge in [-0.05, 0) is 36.8 Å².